The number of halogens is 2. The molecule has 17 heteroatoms. The summed E-state index contributed by atoms with van der Waals surface area (Å²) in [6, 6.07) is 11.1. The smallest absolute Gasteiger partial charge is 0.267 e. The summed E-state index contributed by atoms with van der Waals surface area (Å²) in [4.78, 5) is 48.2. The van der Waals surface area contributed by atoms with E-state index in [1.807, 2.05) is 43.0 Å². The number of carbonyl (C=O) groups excluding carboxylic acids is 2. The largest absolute Gasteiger partial charge is 0.493 e. The van der Waals surface area contributed by atoms with E-state index in [9.17, 15) is 23.6 Å². The quantitative estimate of drug-likeness (QED) is 0.176. The summed E-state index contributed by atoms with van der Waals surface area (Å²) in [7, 11) is 7.03. The first-order valence-corrected chi connectivity index (χ1v) is 18.3. The minimum absolute atomic E-state index is 0.0520. The number of nitrogens with zero attached hydrogens (tertiary/aromatic N) is 8. The lowest BCUT2D eigenvalue weighted by Crippen LogP contribution is -2.58. The zero-order valence-corrected chi connectivity index (χ0v) is 32.0. The van der Waals surface area contributed by atoms with Gasteiger partial charge in [0.15, 0.2) is 22.5 Å². The number of hydrogen-bond acceptors (Lipinski definition) is 13. The molecule has 4 aromatic rings. The average Bonchev–Trinajstić information content (AvgIpc) is 3.63. The summed E-state index contributed by atoms with van der Waals surface area (Å²) >= 11 is 0.969. The summed E-state index contributed by atoms with van der Waals surface area (Å²) in [6.07, 6.45) is 6.50. The Morgan fingerprint density at radius 2 is 1.89 bits per heavy atom. The highest BCUT2D eigenvalue weighted by molar-refractivity contribution is 7.17. The molecule has 1 atom stereocenters. The topological polar surface area (TPSA) is 152 Å². The number of hydrogen-bond donors (Lipinski definition) is 2. The number of methoxy groups -OCH3 is 2. The number of para-hydroxylation sites is 1. The molecule has 0 spiro atoms. The molecule has 1 unspecified atom stereocenters. The predicted octanol–water partition coefficient (Wildman–Crippen LogP) is 5.01. The zero-order chi connectivity index (χ0) is 39.3. The number of nitriles is 1. The zero-order valence-electron chi connectivity index (χ0n) is 31.2. The van der Waals surface area contributed by atoms with Crippen molar-refractivity contribution >= 4 is 51.3 Å². The van der Waals surface area contributed by atoms with Crippen LogP contribution in [-0.4, -0.2) is 117 Å². The van der Waals surface area contributed by atoms with E-state index in [4.69, 9.17) is 19.4 Å². The molecule has 0 radical (unpaired) electrons. The summed E-state index contributed by atoms with van der Waals surface area (Å²) in [6.45, 7) is 5.47. The lowest BCUT2D eigenvalue weighted by Gasteiger charge is -2.48. The lowest BCUT2D eigenvalue weighted by atomic mass is 9.83. The van der Waals surface area contributed by atoms with Crippen molar-refractivity contribution in [1.82, 2.24) is 24.8 Å². The summed E-state index contributed by atoms with van der Waals surface area (Å²) in [5, 5.41) is 15.5. The van der Waals surface area contributed by atoms with Gasteiger partial charge in [-0.15, -0.1) is 0 Å². The van der Waals surface area contributed by atoms with Crippen LogP contribution < -0.4 is 25.2 Å². The fraction of sp³-hybridized carbons (Fsp3) is 0.368. The van der Waals surface area contributed by atoms with Gasteiger partial charge in [-0.1, -0.05) is 23.5 Å². The summed E-state index contributed by atoms with van der Waals surface area (Å²) in [5.41, 5.74) is 1.03. The van der Waals surface area contributed by atoms with E-state index in [0.29, 0.717) is 73.8 Å². The fourth-order valence-electron chi connectivity index (χ4n) is 6.41. The Labute approximate surface area is 322 Å². The molecule has 1 aromatic carbocycles. The van der Waals surface area contributed by atoms with Gasteiger partial charge < -0.3 is 39.7 Å². The first-order chi connectivity index (χ1) is 26.4. The van der Waals surface area contributed by atoms with Gasteiger partial charge in [0.1, 0.15) is 22.2 Å². The number of pyridine rings is 2. The Hall–Kier alpha value is -5.70. The van der Waals surface area contributed by atoms with Gasteiger partial charge in [-0.05, 0) is 51.4 Å². The van der Waals surface area contributed by atoms with Crippen molar-refractivity contribution < 1.29 is 27.8 Å². The molecule has 6 rings (SSSR count). The number of nitrogens with one attached hydrogen (secondary N) is 2. The van der Waals surface area contributed by atoms with Gasteiger partial charge in [0, 0.05) is 64.2 Å². The van der Waals surface area contributed by atoms with Gasteiger partial charge in [0.25, 0.3) is 5.91 Å². The van der Waals surface area contributed by atoms with Crippen molar-refractivity contribution in [1.29, 1.82) is 5.26 Å². The van der Waals surface area contributed by atoms with Gasteiger partial charge >= 0.3 is 0 Å². The Bertz CT molecular complexity index is 2100. The number of aromatic nitrogens is 3. The molecule has 2 saturated heterocycles. The summed E-state index contributed by atoms with van der Waals surface area (Å²) < 4.78 is 39.5. The first-order valence-electron chi connectivity index (χ1n) is 17.5. The molecule has 0 saturated carbocycles. The van der Waals surface area contributed by atoms with Gasteiger partial charge in [-0.3, -0.25) is 9.59 Å². The van der Waals surface area contributed by atoms with Crippen LogP contribution in [0.15, 0.2) is 60.9 Å². The molecule has 2 aliphatic heterocycles. The highest BCUT2D eigenvalue weighted by Gasteiger charge is 2.42. The number of likely N-dealkylation sites (N-methyl/N-ethyl adjacent to an activating group) is 1. The van der Waals surface area contributed by atoms with Crippen LogP contribution in [0.2, 0.25) is 0 Å². The van der Waals surface area contributed by atoms with E-state index in [1.165, 1.54) is 19.4 Å². The van der Waals surface area contributed by atoms with Crippen LogP contribution in [0.25, 0.3) is 11.3 Å². The summed E-state index contributed by atoms with van der Waals surface area (Å²) in [5.74, 6) is -1.13. The number of thiazole rings is 1. The lowest BCUT2D eigenvalue weighted by molar-refractivity contribution is -0.127. The van der Waals surface area contributed by atoms with Crippen molar-refractivity contribution in [3.8, 4) is 23.1 Å². The SMILES string of the molecule is COCC1CN(C(=O)/C=C/CN(C)C)CCN1c1ncc(-c2ccc(OC)c(Nc3ncc(C(=O)Nc4c(F)cccc4F)s3)n2)cc1N1CC(C)(C#N)C1. The Kier molecular flexibility index (Phi) is 11.9. The molecule has 2 aliphatic rings. The van der Waals surface area contributed by atoms with Crippen molar-refractivity contribution in [2.24, 2.45) is 5.41 Å². The number of benzene rings is 1. The third-order valence-electron chi connectivity index (χ3n) is 9.22. The number of amides is 2. The van der Waals surface area contributed by atoms with Gasteiger partial charge in [0.05, 0.1) is 48.8 Å². The normalized spacial score (nSPS) is 16.6. The molecular weight excluding hydrogens is 731 g/mol. The number of piperazine rings is 1. The second-order valence-corrected chi connectivity index (χ2v) is 14.8. The fourth-order valence-corrected chi connectivity index (χ4v) is 7.12. The van der Waals surface area contributed by atoms with Crippen molar-refractivity contribution in [3.63, 3.8) is 0 Å². The van der Waals surface area contributed by atoms with E-state index in [2.05, 4.69) is 31.5 Å². The van der Waals surface area contributed by atoms with Crippen molar-refractivity contribution in [3.05, 3.63) is 77.5 Å². The Morgan fingerprint density at radius 1 is 1.13 bits per heavy atom. The monoisotopic (exact) mass is 772 g/mol. The maximum atomic E-state index is 14.1. The molecule has 2 fully saturated rings. The molecule has 14 nitrogen and oxygen atoms in total. The van der Waals surface area contributed by atoms with Gasteiger partial charge in [0.2, 0.25) is 5.91 Å². The predicted molar refractivity (Wildman–Crippen MR) is 207 cm³/mol. The third kappa shape index (κ3) is 8.83. The van der Waals surface area contributed by atoms with Crippen LogP contribution in [-0.2, 0) is 9.53 Å². The average molecular weight is 773 g/mol. The molecule has 3 aromatic heterocycles. The van der Waals surface area contributed by atoms with E-state index in [0.717, 1.165) is 35.0 Å². The molecule has 55 heavy (non-hydrogen) atoms. The number of ether oxygens (including phenoxy) is 2. The van der Waals surface area contributed by atoms with E-state index < -0.39 is 28.6 Å². The molecule has 2 N–H and O–H groups in total. The molecule has 0 bridgehead atoms. The Balaban J connectivity index is 1.26. The first kappa shape index (κ1) is 39.0. The number of anilines is 5. The molecule has 288 valence electrons. The maximum Gasteiger partial charge on any atom is 0.267 e. The second-order valence-electron chi connectivity index (χ2n) is 13.8. The molecular formula is C38H42F2N10O4S. The number of rotatable bonds is 13. The highest BCUT2D eigenvalue weighted by Crippen LogP contribution is 2.41. The molecule has 0 aliphatic carbocycles. The maximum absolute atomic E-state index is 14.1. The highest BCUT2D eigenvalue weighted by atomic mass is 32.1. The van der Waals surface area contributed by atoms with E-state index in [1.54, 1.807) is 31.5 Å². The van der Waals surface area contributed by atoms with Gasteiger partial charge in [-0.25, -0.2) is 23.7 Å². The standard InChI is InChI=1S/C38H42F2N10O4S/c1-38(21-41)22-49(23-38)29-16-24(17-42-35(29)50-15-14-48(19-25(50)20-53-4)32(51)10-7-13-47(2)3)28-11-12-30(54-5)34(44-28)46-37-43-18-31(55-37)36(52)45-33-26(39)8-6-9-27(33)40/h6-12,16-18,25H,13-15,19-20,22-23H2,1-5H3,(H,45,52)(H,43,44,46)/b10-7+. The van der Waals surface area contributed by atoms with Gasteiger partial charge in [-0.2, -0.15) is 5.26 Å². The molecule has 2 amide bonds. The molecule has 5 heterocycles. The Morgan fingerprint density at radius 3 is 2.58 bits per heavy atom. The van der Waals surface area contributed by atoms with E-state index in [-0.39, 0.29) is 16.8 Å². The van der Waals surface area contributed by atoms with Crippen molar-refractivity contribution in [2.75, 3.05) is 94.6 Å². The minimum Gasteiger partial charge on any atom is -0.493 e. The van der Waals surface area contributed by atoms with E-state index >= 15 is 0 Å². The van der Waals surface area contributed by atoms with Crippen LogP contribution >= 0.6 is 11.3 Å². The minimum atomic E-state index is -0.894. The van der Waals surface area contributed by atoms with Crippen LogP contribution in [0.1, 0.15) is 16.6 Å². The van der Waals surface area contributed by atoms with Crippen LogP contribution in [0.4, 0.5) is 36.9 Å². The second kappa shape index (κ2) is 16.8. The van der Waals surface area contributed by atoms with Crippen LogP contribution in [0.5, 0.6) is 5.75 Å². The van der Waals surface area contributed by atoms with Crippen molar-refractivity contribution in [2.45, 2.75) is 13.0 Å². The van der Waals surface area contributed by atoms with Crippen LogP contribution in [0.3, 0.4) is 0 Å². The third-order valence-corrected chi connectivity index (χ3v) is 10.1. The van der Waals surface area contributed by atoms with Crippen LogP contribution in [0, 0.1) is 28.4 Å². The number of carbonyl (C=O) groups is 2.